The summed E-state index contributed by atoms with van der Waals surface area (Å²) < 4.78 is 54.2. The van der Waals surface area contributed by atoms with E-state index in [4.69, 9.17) is 5.11 Å². The molecule has 218 valence electrons. The number of anilines is 4. The number of piperidine rings is 2. The van der Waals surface area contributed by atoms with E-state index in [2.05, 4.69) is 20.0 Å². The number of hydrogen-bond acceptors (Lipinski definition) is 9. The van der Waals surface area contributed by atoms with Crippen molar-refractivity contribution in [1.82, 2.24) is 9.97 Å². The predicted octanol–water partition coefficient (Wildman–Crippen LogP) is 2.36. The van der Waals surface area contributed by atoms with Gasteiger partial charge in [0.2, 0.25) is 16.0 Å². The van der Waals surface area contributed by atoms with Crippen LogP contribution >= 0.6 is 0 Å². The van der Waals surface area contributed by atoms with Crippen LogP contribution < -0.4 is 19.8 Å². The van der Waals surface area contributed by atoms with Gasteiger partial charge in [0.15, 0.2) is 0 Å². The van der Waals surface area contributed by atoms with Crippen LogP contribution in [-0.4, -0.2) is 85.1 Å². The zero-order valence-corrected chi connectivity index (χ0v) is 23.1. The van der Waals surface area contributed by atoms with Crippen LogP contribution in [0.5, 0.6) is 0 Å². The molecule has 40 heavy (non-hydrogen) atoms. The summed E-state index contributed by atoms with van der Waals surface area (Å²) in [6, 6.07) is 6.09. The van der Waals surface area contributed by atoms with Crippen molar-refractivity contribution in [1.29, 1.82) is 0 Å². The highest BCUT2D eigenvalue weighted by Gasteiger charge is 2.51. The summed E-state index contributed by atoms with van der Waals surface area (Å²) in [4.78, 5) is 25.8. The topological polar surface area (TPSA) is 148 Å². The molecule has 11 nitrogen and oxygen atoms in total. The standard InChI is InChI=1S/C26H34F2N6O5S/c1-17-14-22(31-24(29-17)33-10-7-26(27,28)8-11-33)30-23(37)19-3-2-18(32-40(38,39)13-12-35)15-20(19)34-9-6-25(4-5-25)21(36)16-34/h2-3,14-15,21,32,35-36H,4-13,16H2,1H3,(H,29,30,31,37). The number of nitrogens with one attached hydrogen (secondary N) is 2. The first kappa shape index (κ1) is 28.4. The summed E-state index contributed by atoms with van der Waals surface area (Å²) >= 11 is 0. The highest BCUT2D eigenvalue weighted by Crippen LogP contribution is 2.54. The Labute approximate surface area is 231 Å². The van der Waals surface area contributed by atoms with E-state index in [0.29, 0.717) is 24.5 Å². The second kappa shape index (κ2) is 10.7. The summed E-state index contributed by atoms with van der Waals surface area (Å²) in [5, 5.41) is 22.6. The molecule has 4 N–H and O–H groups in total. The molecule has 0 bridgehead atoms. The fourth-order valence-electron chi connectivity index (χ4n) is 5.36. The first-order valence-corrected chi connectivity index (χ1v) is 15.0. The van der Waals surface area contributed by atoms with Gasteiger partial charge in [-0.25, -0.2) is 22.2 Å². The summed E-state index contributed by atoms with van der Waals surface area (Å²) in [7, 11) is -3.80. The van der Waals surface area contributed by atoms with Gasteiger partial charge in [-0.05, 0) is 49.8 Å². The van der Waals surface area contributed by atoms with E-state index < -0.39 is 40.3 Å². The van der Waals surface area contributed by atoms with E-state index in [1.54, 1.807) is 24.0 Å². The molecule has 3 fully saturated rings. The number of sulfonamides is 1. The predicted molar refractivity (Wildman–Crippen MR) is 147 cm³/mol. The van der Waals surface area contributed by atoms with Crippen molar-refractivity contribution in [3.63, 3.8) is 0 Å². The van der Waals surface area contributed by atoms with Gasteiger partial charge in [0, 0.05) is 50.8 Å². The third kappa shape index (κ3) is 6.28. The lowest BCUT2D eigenvalue weighted by Gasteiger charge is -2.38. The van der Waals surface area contributed by atoms with Crippen LogP contribution in [-0.2, 0) is 10.0 Å². The van der Waals surface area contributed by atoms with Crippen LogP contribution in [0.4, 0.5) is 31.9 Å². The lowest BCUT2D eigenvalue weighted by Crippen LogP contribution is -2.45. The quantitative estimate of drug-likeness (QED) is 0.369. The third-order valence-electron chi connectivity index (χ3n) is 7.95. The van der Waals surface area contributed by atoms with Crippen molar-refractivity contribution in [3.8, 4) is 0 Å². The van der Waals surface area contributed by atoms with E-state index in [9.17, 15) is 27.1 Å². The van der Waals surface area contributed by atoms with Crippen LogP contribution in [0.3, 0.4) is 0 Å². The number of nitrogens with zero attached hydrogens (tertiary/aromatic N) is 4. The summed E-state index contributed by atoms with van der Waals surface area (Å²) in [6.07, 6.45) is 1.50. The lowest BCUT2D eigenvalue weighted by atomic mass is 9.90. The summed E-state index contributed by atoms with van der Waals surface area (Å²) in [5.41, 5.74) is 1.40. The molecule has 0 radical (unpaired) electrons. The molecule has 1 aliphatic carbocycles. The Kier molecular flexibility index (Phi) is 7.61. The van der Waals surface area contributed by atoms with Gasteiger partial charge in [0.1, 0.15) is 5.82 Å². The van der Waals surface area contributed by atoms with Gasteiger partial charge < -0.3 is 25.3 Å². The number of aliphatic hydroxyl groups excluding tert-OH is 2. The van der Waals surface area contributed by atoms with Gasteiger partial charge in [-0.3, -0.25) is 9.52 Å². The van der Waals surface area contributed by atoms with E-state index in [0.717, 1.165) is 19.3 Å². The van der Waals surface area contributed by atoms with Gasteiger partial charge in [-0.15, -0.1) is 0 Å². The highest BCUT2D eigenvalue weighted by molar-refractivity contribution is 7.92. The van der Waals surface area contributed by atoms with E-state index in [1.165, 1.54) is 12.1 Å². The van der Waals surface area contributed by atoms with Crippen molar-refractivity contribution in [2.24, 2.45) is 5.41 Å². The minimum atomic E-state index is -3.80. The van der Waals surface area contributed by atoms with Gasteiger partial charge >= 0.3 is 0 Å². The molecule has 3 heterocycles. The molecule has 1 unspecified atom stereocenters. The van der Waals surface area contributed by atoms with Crippen LogP contribution in [0.25, 0.3) is 0 Å². The molecule has 2 saturated heterocycles. The van der Waals surface area contributed by atoms with Crippen LogP contribution in [0.1, 0.15) is 48.2 Å². The maximum Gasteiger partial charge on any atom is 0.258 e. The van der Waals surface area contributed by atoms with Gasteiger partial charge in [0.05, 0.1) is 35.4 Å². The average molecular weight is 581 g/mol. The average Bonchev–Trinajstić information content (AvgIpc) is 3.65. The highest BCUT2D eigenvalue weighted by atomic mass is 32.2. The molecule has 5 rings (SSSR count). The minimum absolute atomic E-state index is 0.0768. The second-order valence-corrected chi connectivity index (χ2v) is 12.8. The number of aromatic nitrogens is 2. The first-order valence-electron chi connectivity index (χ1n) is 13.4. The Bertz CT molecular complexity index is 1380. The Morgan fingerprint density at radius 3 is 2.42 bits per heavy atom. The second-order valence-electron chi connectivity index (χ2n) is 10.9. The lowest BCUT2D eigenvalue weighted by molar-refractivity contribution is -0.0222. The molecule has 1 amide bonds. The molecule has 2 aromatic rings. The minimum Gasteiger partial charge on any atom is -0.395 e. The monoisotopic (exact) mass is 580 g/mol. The molecule has 1 saturated carbocycles. The van der Waals surface area contributed by atoms with Gasteiger partial charge in [-0.1, -0.05) is 0 Å². The van der Waals surface area contributed by atoms with Crippen LogP contribution in [0.2, 0.25) is 0 Å². The van der Waals surface area contributed by atoms with Crippen LogP contribution in [0, 0.1) is 12.3 Å². The number of carbonyl (C=O) groups excluding carboxylic acids is 1. The molecule has 1 aromatic carbocycles. The molecule has 2 aliphatic heterocycles. The fraction of sp³-hybridized carbons (Fsp3) is 0.577. The van der Waals surface area contributed by atoms with Crippen molar-refractivity contribution in [3.05, 3.63) is 35.5 Å². The number of β-amino-alcohol motifs (C(OH)–C–C–N with tert-alkyl or cyclic N) is 1. The van der Waals surface area contributed by atoms with Crippen LogP contribution in [0.15, 0.2) is 24.3 Å². The zero-order chi connectivity index (χ0) is 28.7. The Balaban J connectivity index is 1.40. The molecule has 1 atom stereocenters. The zero-order valence-electron chi connectivity index (χ0n) is 22.2. The van der Waals surface area contributed by atoms with Crippen molar-refractivity contribution >= 4 is 39.1 Å². The van der Waals surface area contributed by atoms with E-state index >= 15 is 0 Å². The van der Waals surface area contributed by atoms with Gasteiger partial charge in [-0.2, -0.15) is 4.98 Å². The maximum atomic E-state index is 13.6. The van der Waals surface area contributed by atoms with Gasteiger partial charge in [0.25, 0.3) is 11.8 Å². The number of aryl methyl sites for hydroxylation is 1. The maximum absolute atomic E-state index is 13.6. The number of halogens is 2. The number of carbonyl (C=O) groups is 1. The Morgan fingerprint density at radius 1 is 1.07 bits per heavy atom. The number of alkyl halides is 2. The molecule has 14 heteroatoms. The SMILES string of the molecule is Cc1cc(NC(=O)c2ccc(NS(=O)(=O)CCO)cc2N2CCC3(CC3)C(O)C2)nc(N2CCC(F)(F)CC2)n1. The van der Waals surface area contributed by atoms with E-state index in [1.807, 2.05) is 4.90 Å². The summed E-state index contributed by atoms with van der Waals surface area (Å²) in [5.74, 6) is -3.23. The number of aliphatic hydroxyl groups is 2. The molecule has 1 aromatic heterocycles. The fourth-order valence-corrected chi connectivity index (χ4v) is 6.18. The first-order chi connectivity index (χ1) is 18.9. The Morgan fingerprint density at radius 2 is 1.77 bits per heavy atom. The number of hydrogen-bond donors (Lipinski definition) is 4. The van der Waals surface area contributed by atoms with Crippen molar-refractivity contribution in [2.45, 2.75) is 51.1 Å². The molecular formula is C26H34F2N6O5S. The molecule has 3 aliphatic rings. The number of rotatable bonds is 8. The smallest absolute Gasteiger partial charge is 0.258 e. The van der Waals surface area contributed by atoms with E-state index in [-0.39, 0.29) is 54.4 Å². The third-order valence-corrected chi connectivity index (χ3v) is 9.22. The summed E-state index contributed by atoms with van der Waals surface area (Å²) in [6.45, 7) is 2.26. The van der Waals surface area contributed by atoms with Crippen molar-refractivity contribution < 1.29 is 32.2 Å². The number of benzene rings is 1. The largest absolute Gasteiger partial charge is 0.395 e. The normalized spacial score (nSPS) is 21.8. The molecular weight excluding hydrogens is 546 g/mol. The van der Waals surface area contributed by atoms with Crippen molar-refractivity contribution in [2.75, 3.05) is 58.4 Å². The molecule has 1 spiro atoms. The Hall–Kier alpha value is -3.10. The number of amides is 1.